The van der Waals surface area contributed by atoms with Crippen molar-refractivity contribution in [2.45, 2.75) is 25.8 Å². The van der Waals surface area contributed by atoms with E-state index in [-0.39, 0.29) is 6.04 Å². The Hall–Kier alpha value is -0.730. The molecule has 0 aliphatic rings. The van der Waals surface area contributed by atoms with Gasteiger partial charge >= 0.3 is 0 Å². The second-order valence-electron chi connectivity index (χ2n) is 5.01. The van der Waals surface area contributed by atoms with Gasteiger partial charge in [-0.3, -0.25) is 0 Å². The lowest BCUT2D eigenvalue weighted by Gasteiger charge is -2.21. The van der Waals surface area contributed by atoms with Crippen LogP contribution in [-0.2, 0) is 6.42 Å². The Balaban J connectivity index is 2.27. The lowest BCUT2D eigenvalue weighted by molar-refractivity contribution is 0.529. The molecule has 0 aliphatic heterocycles. The van der Waals surface area contributed by atoms with Crippen LogP contribution in [0.4, 0.5) is 0 Å². The van der Waals surface area contributed by atoms with Crippen LogP contribution in [0.25, 0.3) is 0 Å². The molecular formula is C17H18Cl3N. The van der Waals surface area contributed by atoms with E-state index in [1.807, 2.05) is 36.4 Å². The molecule has 21 heavy (non-hydrogen) atoms. The molecule has 0 aromatic heterocycles. The molecule has 1 atom stereocenters. The summed E-state index contributed by atoms with van der Waals surface area (Å²) < 4.78 is 0. The normalized spacial score (nSPS) is 12.4. The first-order chi connectivity index (χ1) is 10.1. The highest BCUT2D eigenvalue weighted by molar-refractivity contribution is 6.33. The number of nitrogens with one attached hydrogen (secondary N) is 1. The average molecular weight is 343 g/mol. The first-order valence-electron chi connectivity index (χ1n) is 7.03. The second kappa shape index (κ2) is 8.05. The molecule has 1 unspecified atom stereocenters. The Morgan fingerprint density at radius 3 is 2.48 bits per heavy atom. The number of hydrogen-bond donors (Lipinski definition) is 1. The summed E-state index contributed by atoms with van der Waals surface area (Å²) in [6.07, 6.45) is 1.88. The van der Waals surface area contributed by atoms with Crippen LogP contribution in [0.15, 0.2) is 42.5 Å². The molecule has 0 saturated carbocycles. The average Bonchev–Trinajstić information content (AvgIpc) is 2.46. The summed E-state index contributed by atoms with van der Waals surface area (Å²) in [4.78, 5) is 0. The molecule has 1 nitrogen and oxygen atoms in total. The minimum Gasteiger partial charge on any atom is -0.310 e. The Morgan fingerprint density at radius 2 is 1.76 bits per heavy atom. The molecule has 1 N–H and O–H groups in total. The van der Waals surface area contributed by atoms with E-state index in [0.29, 0.717) is 5.02 Å². The lowest BCUT2D eigenvalue weighted by atomic mass is 9.98. The second-order valence-corrected chi connectivity index (χ2v) is 6.29. The monoisotopic (exact) mass is 341 g/mol. The van der Waals surface area contributed by atoms with Crippen molar-refractivity contribution in [2.24, 2.45) is 0 Å². The highest BCUT2D eigenvalue weighted by atomic mass is 35.5. The molecule has 112 valence electrons. The summed E-state index contributed by atoms with van der Waals surface area (Å²) >= 11 is 18.5. The Bertz CT molecular complexity index is 598. The largest absolute Gasteiger partial charge is 0.310 e. The quantitative estimate of drug-likeness (QED) is 0.686. The van der Waals surface area contributed by atoms with Gasteiger partial charge in [0.15, 0.2) is 0 Å². The van der Waals surface area contributed by atoms with E-state index < -0.39 is 0 Å². The summed E-state index contributed by atoms with van der Waals surface area (Å²) in [7, 11) is 0. The minimum absolute atomic E-state index is 0.120. The van der Waals surface area contributed by atoms with Gasteiger partial charge in [0.2, 0.25) is 0 Å². The highest BCUT2D eigenvalue weighted by Gasteiger charge is 2.15. The fraction of sp³-hybridized carbons (Fsp3) is 0.294. The van der Waals surface area contributed by atoms with Crippen molar-refractivity contribution in [1.82, 2.24) is 5.32 Å². The number of benzene rings is 2. The van der Waals surface area contributed by atoms with Gasteiger partial charge in [0.25, 0.3) is 0 Å². The first-order valence-corrected chi connectivity index (χ1v) is 8.16. The summed E-state index contributed by atoms with van der Waals surface area (Å²) in [6.45, 7) is 3.07. The van der Waals surface area contributed by atoms with E-state index >= 15 is 0 Å². The van der Waals surface area contributed by atoms with E-state index in [9.17, 15) is 0 Å². The van der Waals surface area contributed by atoms with Crippen molar-refractivity contribution < 1.29 is 0 Å². The number of hydrogen-bond acceptors (Lipinski definition) is 1. The van der Waals surface area contributed by atoms with Crippen molar-refractivity contribution >= 4 is 34.8 Å². The van der Waals surface area contributed by atoms with Crippen LogP contribution in [0, 0.1) is 0 Å². The summed E-state index contributed by atoms with van der Waals surface area (Å²) in [5, 5.41) is 5.71. The topological polar surface area (TPSA) is 12.0 Å². The van der Waals surface area contributed by atoms with Crippen molar-refractivity contribution in [1.29, 1.82) is 0 Å². The number of halogens is 3. The van der Waals surface area contributed by atoms with Gasteiger partial charge in [-0.2, -0.15) is 0 Å². The molecule has 0 fully saturated rings. The molecule has 2 aromatic carbocycles. The van der Waals surface area contributed by atoms with Gasteiger partial charge in [0.05, 0.1) is 0 Å². The van der Waals surface area contributed by atoms with Gasteiger partial charge in [-0.25, -0.2) is 0 Å². The molecule has 0 aliphatic carbocycles. The Morgan fingerprint density at radius 1 is 1.00 bits per heavy atom. The summed E-state index contributed by atoms with van der Waals surface area (Å²) in [5.74, 6) is 0. The summed E-state index contributed by atoms with van der Waals surface area (Å²) in [5.41, 5.74) is 2.20. The molecule has 4 heteroatoms. The number of rotatable bonds is 6. The maximum absolute atomic E-state index is 6.34. The van der Waals surface area contributed by atoms with E-state index in [1.165, 1.54) is 5.56 Å². The third-order valence-corrected chi connectivity index (χ3v) is 4.12. The Kier molecular flexibility index (Phi) is 6.38. The maximum atomic E-state index is 6.34. The van der Waals surface area contributed by atoms with E-state index in [2.05, 4.69) is 18.3 Å². The van der Waals surface area contributed by atoms with E-state index in [0.717, 1.165) is 35.0 Å². The fourth-order valence-corrected chi connectivity index (χ4v) is 2.93. The standard InChI is InChI=1S/C17H18Cl3N/c1-2-8-21-17(10-12-4-3-5-13(18)9-12)15-11-14(19)6-7-16(15)20/h3-7,9,11,17,21H,2,8,10H2,1H3. The Labute approximate surface area is 141 Å². The third kappa shape index (κ3) is 4.89. The molecule has 0 radical (unpaired) electrons. The van der Waals surface area contributed by atoms with Crippen molar-refractivity contribution in [3.63, 3.8) is 0 Å². The molecule has 0 amide bonds. The molecule has 0 bridgehead atoms. The predicted molar refractivity (Wildman–Crippen MR) is 92.7 cm³/mol. The molecule has 0 spiro atoms. The van der Waals surface area contributed by atoms with Crippen molar-refractivity contribution in [3.05, 3.63) is 68.7 Å². The van der Waals surface area contributed by atoms with Gasteiger partial charge < -0.3 is 5.32 Å². The molecule has 0 heterocycles. The first kappa shape index (κ1) is 16.6. The fourth-order valence-electron chi connectivity index (χ4n) is 2.29. The van der Waals surface area contributed by atoms with Crippen LogP contribution in [0.2, 0.25) is 15.1 Å². The smallest absolute Gasteiger partial charge is 0.0454 e. The molecule has 2 aromatic rings. The van der Waals surface area contributed by atoms with Crippen LogP contribution in [-0.4, -0.2) is 6.54 Å². The van der Waals surface area contributed by atoms with E-state index in [4.69, 9.17) is 34.8 Å². The van der Waals surface area contributed by atoms with Gasteiger partial charge in [-0.15, -0.1) is 0 Å². The van der Waals surface area contributed by atoms with Gasteiger partial charge in [0, 0.05) is 21.1 Å². The van der Waals surface area contributed by atoms with Gasteiger partial charge in [-0.1, -0.05) is 53.9 Å². The zero-order chi connectivity index (χ0) is 15.2. The van der Waals surface area contributed by atoms with Crippen LogP contribution >= 0.6 is 34.8 Å². The third-order valence-electron chi connectivity index (χ3n) is 3.30. The van der Waals surface area contributed by atoms with Crippen molar-refractivity contribution in [3.8, 4) is 0 Å². The van der Waals surface area contributed by atoms with Gasteiger partial charge in [-0.05, 0) is 60.8 Å². The lowest BCUT2D eigenvalue weighted by Crippen LogP contribution is -2.24. The molecule has 0 saturated heterocycles. The van der Waals surface area contributed by atoms with Crippen LogP contribution in [0.5, 0.6) is 0 Å². The summed E-state index contributed by atoms with van der Waals surface area (Å²) in [6, 6.07) is 13.6. The SMILES string of the molecule is CCCNC(Cc1cccc(Cl)c1)c1cc(Cl)ccc1Cl. The van der Waals surface area contributed by atoms with Crippen LogP contribution in [0.1, 0.15) is 30.5 Å². The van der Waals surface area contributed by atoms with Crippen molar-refractivity contribution in [2.75, 3.05) is 6.54 Å². The van der Waals surface area contributed by atoms with Gasteiger partial charge in [0.1, 0.15) is 0 Å². The van der Waals surface area contributed by atoms with Crippen LogP contribution in [0.3, 0.4) is 0 Å². The highest BCUT2D eigenvalue weighted by Crippen LogP contribution is 2.29. The van der Waals surface area contributed by atoms with E-state index in [1.54, 1.807) is 0 Å². The maximum Gasteiger partial charge on any atom is 0.0454 e. The molecular weight excluding hydrogens is 325 g/mol. The molecule has 2 rings (SSSR count). The van der Waals surface area contributed by atoms with Crippen LogP contribution < -0.4 is 5.32 Å². The zero-order valence-electron chi connectivity index (χ0n) is 11.9. The minimum atomic E-state index is 0.120. The zero-order valence-corrected chi connectivity index (χ0v) is 14.1. The predicted octanol–water partition coefficient (Wildman–Crippen LogP) is 5.93.